The van der Waals surface area contributed by atoms with Gasteiger partial charge in [-0.05, 0) is 39.1 Å². The van der Waals surface area contributed by atoms with Crippen LogP contribution in [0.2, 0.25) is 0 Å². The van der Waals surface area contributed by atoms with Crippen LogP contribution in [0, 0.1) is 0 Å². The molecule has 116 valence electrons. The quantitative estimate of drug-likeness (QED) is 0.865. The van der Waals surface area contributed by atoms with Crippen molar-refractivity contribution in [3.63, 3.8) is 0 Å². The van der Waals surface area contributed by atoms with E-state index < -0.39 is 0 Å². The van der Waals surface area contributed by atoms with Crippen LogP contribution in [0.25, 0.3) is 0 Å². The molecule has 0 aliphatic carbocycles. The molecule has 2 rings (SSSR count). The minimum atomic E-state index is 0.127. The summed E-state index contributed by atoms with van der Waals surface area (Å²) in [5.41, 5.74) is 1.25. The number of rotatable bonds is 6. The third-order valence-corrected chi connectivity index (χ3v) is 5.26. The van der Waals surface area contributed by atoms with Gasteiger partial charge in [0.15, 0.2) is 5.13 Å². The maximum atomic E-state index is 4.75. The highest BCUT2D eigenvalue weighted by Gasteiger charge is 2.15. The predicted octanol–water partition coefficient (Wildman–Crippen LogP) is 4.16. The van der Waals surface area contributed by atoms with Crippen molar-refractivity contribution in [3.8, 4) is 0 Å². The molecule has 0 aliphatic heterocycles. The maximum absolute atomic E-state index is 4.75. The van der Waals surface area contributed by atoms with E-state index in [2.05, 4.69) is 67.9 Å². The summed E-state index contributed by atoms with van der Waals surface area (Å²) in [7, 11) is 2.14. The van der Waals surface area contributed by atoms with E-state index in [1.165, 1.54) is 4.88 Å². The Balaban J connectivity index is 1.93. The molecule has 0 saturated carbocycles. The molecule has 0 aromatic carbocycles. The molecule has 0 amide bonds. The summed E-state index contributed by atoms with van der Waals surface area (Å²) >= 11 is 3.55. The van der Waals surface area contributed by atoms with E-state index >= 15 is 0 Å². The minimum absolute atomic E-state index is 0.127. The van der Waals surface area contributed by atoms with Crippen molar-refractivity contribution in [2.24, 2.45) is 0 Å². The summed E-state index contributed by atoms with van der Waals surface area (Å²) in [4.78, 5) is 8.46. The second-order valence-corrected chi connectivity index (χ2v) is 8.34. The lowest BCUT2D eigenvalue weighted by Crippen LogP contribution is -2.35. The number of nitrogens with one attached hydrogen (secondary N) is 1. The fourth-order valence-corrected chi connectivity index (χ4v) is 3.66. The number of likely N-dealkylation sites (N-methyl/N-ethyl adjacent to an activating group) is 1. The van der Waals surface area contributed by atoms with Crippen LogP contribution in [0.3, 0.4) is 0 Å². The van der Waals surface area contributed by atoms with Crippen molar-refractivity contribution >= 4 is 27.8 Å². The highest BCUT2D eigenvalue weighted by Crippen LogP contribution is 2.23. The lowest BCUT2D eigenvalue weighted by atomic mass is 10.1. The molecule has 2 aromatic heterocycles. The van der Waals surface area contributed by atoms with Gasteiger partial charge < -0.3 is 10.2 Å². The molecule has 5 heteroatoms. The van der Waals surface area contributed by atoms with Gasteiger partial charge in [-0.2, -0.15) is 0 Å². The summed E-state index contributed by atoms with van der Waals surface area (Å²) < 4.78 is 0. The Labute approximate surface area is 136 Å². The number of thiophene rings is 1. The summed E-state index contributed by atoms with van der Waals surface area (Å²) in [6.45, 7) is 9.61. The Morgan fingerprint density at radius 3 is 2.71 bits per heavy atom. The van der Waals surface area contributed by atoms with Crippen molar-refractivity contribution < 1.29 is 0 Å². The average Bonchev–Trinajstić information content (AvgIpc) is 3.05. The van der Waals surface area contributed by atoms with Crippen molar-refractivity contribution in [1.29, 1.82) is 0 Å². The van der Waals surface area contributed by atoms with E-state index in [1.807, 2.05) is 11.3 Å². The van der Waals surface area contributed by atoms with Crippen LogP contribution in [-0.2, 0) is 13.0 Å². The van der Waals surface area contributed by atoms with E-state index in [9.17, 15) is 0 Å². The standard InChI is InChI=1S/C16H25N3S2/c1-12(9-14-7-6-8-20-14)19(5)15-18-13(11-21-15)10-17-16(2,3)4/h6-8,11-12,17H,9-10H2,1-5H3. The summed E-state index contributed by atoms with van der Waals surface area (Å²) in [5, 5.41) is 8.88. The molecule has 21 heavy (non-hydrogen) atoms. The maximum Gasteiger partial charge on any atom is 0.185 e. The molecule has 0 spiro atoms. The molecule has 1 N–H and O–H groups in total. The first-order valence-electron chi connectivity index (χ1n) is 7.30. The van der Waals surface area contributed by atoms with Gasteiger partial charge in [-0.15, -0.1) is 22.7 Å². The fourth-order valence-electron chi connectivity index (χ4n) is 1.94. The van der Waals surface area contributed by atoms with Crippen LogP contribution in [0.5, 0.6) is 0 Å². The second-order valence-electron chi connectivity index (χ2n) is 6.47. The predicted molar refractivity (Wildman–Crippen MR) is 94.6 cm³/mol. The van der Waals surface area contributed by atoms with Gasteiger partial charge in [0.1, 0.15) is 0 Å². The van der Waals surface area contributed by atoms with Crippen LogP contribution < -0.4 is 10.2 Å². The molecule has 0 radical (unpaired) electrons. The van der Waals surface area contributed by atoms with Crippen LogP contribution in [0.4, 0.5) is 5.13 Å². The Kier molecular flexibility index (Phi) is 5.41. The van der Waals surface area contributed by atoms with Crippen molar-refractivity contribution in [3.05, 3.63) is 33.5 Å². The van der Waals surface area contributed by atoms with Gasteiger partial charge in [0.2, 0.25) is 0 Å². The van der Waals surface area contributed by atoms with Crippen molar-refractivity contribution in [2.75, 3.05) is 11.9 Å². The zero-order valence-corrected chi connectivity index (χ0v) is 15.1. The van der Waals surface area contributed by atoms with Gasteiger partial charge in [-0.3, -0.25) is 0 Å². The summed E-state index contributed by atoms with van der Waals surface area (Å²) in [5.74, 6) is 0. The first-order valence-corrected chi connectivity index (χ1v) is 9.06. The number of anilines is 1. The van der Waals surface area contributed by atoms with Gasteiger partial charge in [0.25, 0.3) is 0 Å². The van der Waals surface area contributed by atoms with Gasteiger partial charge >= 0.3 is 0 Å². The molecule has 1 atom stereocenters. The molecule has 0 aliphatic rings. The van der Waals surface area contributed by atoms with Gasteiger partial charge in [0, 0.05) is 41.9 Å². The minimum Gasteiger partial charge on any atom is -0.348 e. The highest BCUT2D eigenvalue weighted by atomic mass is 32.1. The number of thiazole rings is 1. The number of hydrogen-bond donors (Lipinski definition) is 1. The van der Waals surface area contributed by atoms with E-state index in [4.69, 9.17) is 4.98 Å². The van der Waals surface area contributed by atoms with Crippen LogP contribution in [0.1, 0.15) is 38.3 Å². The molecule has 2 aromatic rings. The van der Waals surface area contributed by atoms with E-state index in [0.717, 1.165) is 23.8 Å². The highest BCUT2D eigenvalue weighted by molar-refractivity contribution is 7.13. The monoisotopic (exact) mass is 323 g/mol. The Morgan fingerprint density at radius 1 is 1.33 bits per heavy atom. The van der Waals surface area contributed by atoms with E-state index in [0.29, 0.717) is 6.04 Å². The SMILES string of the molecule is CC(Cc1cccs1)N(C)c1nc(CNC(C)(C)C)cs1. The normalized spacial score (nSPS) is 13.4. The lowest BCUT2D eigenvalue weighted by molar-refractivity contribution is 0.422. The van der Waals surface area contributed by atoms with Gasteiger partial charge in [0.05, 0.1) is 5.69 Å². The zero-order valence-electron chi connectivity index (χ0n) is 13.5. The lowest BCUT2D eigenvalue weighted by Gasteiger charge is -2.24. The zero-order chi connectivity index (χ0) is 15.5. The van der Waals surface area contributed by atoms with Crippen molar-refractivity contribution in [2.45, 2.75) is 52.2 Å². The molecule has 1 unspecified atom stereocenters. The first kappa shape index (κ1) is 16.5. The average molecular weight is 324 g/mol. The number of hydrogen-bond acceptors (Lipinski definition) is 5. The fraction of sp³-hybridized carbons (Fsp3) is 0.562. The third-order valence-electron chi connectivity index (χ3n) is 3.38. The molecule has 0 saturated heterocycles. The van der Waals surface area contributed by atoms with Crippen LogP contribution in [0.15, 0.2) is 22.9 Å². The smallest absolute Gasteiger partial charge is 0.185 e. The van der Waals surface area contributed by atoms with Gasteiger partial charge in [-0.25, -0.2) is 4.98 Å². The van der Waals surface area contributed by atoms with Gasteiger partial charge in [-0.1, -0.05) is 6.07 Å². The Bertz CT molecular complexity index is 540. The molecular formula is C16H25N3S2. The number of nitrogens with zero attached hydrogens (tertiary/aromatic N) is 2. The first-order chi connectivity index (χ1) is 9.85. The number of aromatic nitrogens is 1. The van der Waals surface area contributed by atoms with E-state index in [1.54, 1.807) is 11.3 Å². The largest absolute Gasteiger partial charge is 0.348 e. The van der Waals surface area contributed by atoms with Crippen LogP contribution in [-0.4, -0.2) is 23.6 Å². The topological polar surface area (TPSA) is 28.2 Å². The molecule has 0 fully saturated rings. The Hall–Kier alpha value is -0.910. The van der Waals surface area contributed by atoms with E-state index in [-0.39, 0.29) is 5.54 Å². The molecule has 0 bridgehead atoms. The second kappa shape index (κ2) is 6.90. The molecular weight excluding hydrogens is 298 g/mol. The summed E-state index contributed by atoms with van der Waals surface area (Å²) in [6.07, 6.45) is 1.07. The third kappa shape index (κ3) is 5.09. The van der Waals surface area contributed by atoms with Crippen molar-refractivity contribution in [1.82, 2.24) is 10.3 Å². The summed E-state index contributed by atoms with van der Waals surface area (Å²) in [6, 6.07) is 4.78. The molecule has 2 heterocycles. The molecule has 3 nitrogen and oxygen atoms in total. The van der Waals surface area contributed by atoms with Crippen LogP contribution >= 0.6 is 22.7 Å². The Morgan fingerprint density at radius 2 is 2.10 bits per heavy atom.